The molecule has 0 N–H and O–H groups in total. The molecule has 0 atom stereocenters. The number of aryl methyl sites for hydroxylation is 1. The molecule has 0 aliphatic heterocycles. The van der Waals surface area contributed by atoms with Gasteiger partial charge in [-0.2, -0.15) is 0 Å². The molecule has 1 aromatic heterocycles. The quantitative estimate of drug-likeness (QED) is 0.417. The Morgan fingerprint density at radius 1 is 1.69 bits per heavy atom. The number of carbonyl (C=O) groups excluding carboxylic acids is 1. The molecule has 0 amide bonds. The van der Waals surface area contributed by atoms with Crippen molar-refractivity contribution in [2.45, 2.75) is 26.2 Å². The molecule has 13 heavy (non-hydrogen) atoms. The number of carbonyl (C=O) groups is 1. The van der Waals surface area contributed by atoms with E-state index in [0.29, 0.717) is 17.7 Å². The zero-order chi connectivity index (χ0) is 9.68. The Balaban J connectivity index is 2.50. The minimum absolute atomic E-state index is 0.0998. The van der Waals surface area contributed by atoms with Crippen molar-refractivity contribution in [3.63, 3.8) is 0 Å². The van der Waals surface area contributed by atoms with Crippen molar-refractivity contribution in [1.29, 1.82) is 0 Å². The van der Waals surface area contributed by atoms with E-state index in [-0.39, 0.29) is 5.78 Å². The zero-order valence-electron chi connectivity index (χ0n) is 7.41. The van der Waals surface area contributed by atoms with Crippen LogP contribution >= 0.6 is 11.5 Å². The third-order valence-electron chi connectivity index (χ3n) is 1.63. The fourth-order valence-electron chi connectivity index (χ4n) is 0.951. The van der Waals surface area contributed by atoms with Crippen molar-refractivity contribution in [3.8, 4) is 12.3 Å². The number of rotatable bonds is 4. The highest BCUT2D eigenvalue weighted by Gasteiger charge is 2.11. The fourth-order valence-corrected chi connectivity index (χ4v) is 1.57. The van der Waals surface area contributed by atoms with Crippen LogP contribution < -0.4 is 0 Å². The van der Waals surface area contributed by atoms with E-state index in [4.69, 9.17) is 6.42 Å². The Labute approximate surface area is 81.3 Å². The van der Waals surface area contributed by atoms with Crippen LogP contribution in [0.2, 0.25) is 0 Å². The highest BCUT2D eigenvalue weighted by Crippen LogP contribution is 2.13. The van der Waals surface area contributed by atoms with Gasteiger partial charge in [-0.15, -0.1) is 17.4 Å². The Bertz CT molecular complexity index is 338. The van der Waals surface area contributed by atoms with Crippen molar-refractivity contribution >= 4 is 17.3 Å². The number of Topliss-reactive ketones (excluding diaryl/α,β-unsaturated/α-hetero) is 1. The number of nitrogens with zero attached hydrogens (tertiary/aromatic N) is 2. The lowest BCUT2D eigenvalue weighted by molar-refractivity contribution is 0.0984. The molecule has 0 aliphatic carbocycles. The summed E-state index contributed by atoms with van der Waals surface area (Å²) in [5.74, 6) is 2.60. The fraction of sp³-hybridized carbons (Fsp3) is 0.444. The van der Waals surface area contributed by atoms with Crippen LogP contribution in [-0.2, 0) is 0 Å². The lowest BCUT2D eigenvalue weighted by atomic mass is 10.1. The standard InChI is InChI=1S/C9H10N2OS/c1-3-4-5-6-8(12)9-7(2)10-11-13-9/h1H,4-6H2,2H3. The van der Waals surface area contributed by atoms with Crippen molar-refractivity contribution < 1.29 is 4.79 Å². The first-order chi connectivity index (χ1) is 6.25. The lowest BCUT2D eigenvalue weighted by Crippen LogP contribution is -1.97. The van der Waals surface area contributed by atoms with Gasteiger partial charge < -0.3 is 0 Å². The minimum atomic E-state index is 0.0998. The van der Waals surface area contributed by atoms with E-state index in [2.05, 4.69) is 15.5 Å². The van der Waals surface area contributed by atoms with Gasteiger partial charge in [-0.3, -0.25) is 4.79 Å². The molecule has 3 nitrogen and oxygen atoms in total. The summed E-state index contributed by atoms with van der Waals surface area (Å²) in [5, 5.41) is 3.77. The molecule has 0 radical (unpaired) electrons. The molecule has 4 heteroatoms. The summed E-state index contributed by atoms with van der Waals surface area (Å²) < 4.78 is 3.70. The van der Waals surface area contributed by atoms with Crippen LogP contribution in [0.1, 0.15) is 34.6 Å². The first-order valence-electron chi connectivity index (χ1n) is 4.01. The van der Waals surface area contributed by atoms with Crippen LogP contribution in [0.4, 0.5) is 0 Å². The van der Waals surface area contributed by atoms with Crippen molar-refractivity contribution in [2.24, 2.45) is 0 Å². The summed E-state index contributed by atoms with van der Waals surface area (Å²) in [5.41, 5.74) is 0.718. The second kappa shape index (κ2) is 4.73. The first-order valence-corrected chi connectivity index (χ1v) is 4.78. The second-order valence-corrected chi connectivity index (χ2v) is 3.42. The highest BCUT2D eigenvalue weighted by atomic mass is 32.1. The van der Waals surface area contributed by atoms with Crippen LogP contribution in [-0.4, -0.2) is 15.4 Å². The lowest BCUT2D eigenvalue weighted by Gasteiger charge is -1.94. The maximum Gasteiger partial charge on any atom is 0.176 e. The van der Waals surface area contributed by atoms with E-state index in [1.54, 1.807) is 6.92 Å². The topological polar surface area (TPSA) is 42.9 Å². The Morgan fingerprint density at radius 3 is 3.00 bits per heavy atom. The highest BCUT2D eigenvalue weighted by molar-refractivity contribution is 7.08. The summed E-state index contributed by atoms with van der Waals surface area (Å²) in [6, 6.07) is 0. The van der Waals surface area contributed by atoms with E-state index in [1.807, 2.05) is 0 Å². The number of aromatic nitrogens is 2. The Morgan fingerprint density at radius 2 is 2.46 bits per heavy atom. The first kappa shape index (κ1) is 9.87. The maximum absolute atomic E-state index is 11.5. The molecule has 0 saturated heterocycles. The number of terminal acetylenes is 1. The van der Waals surface area contributed by atoms with Gasteiger partial charge in [0.2, 0.25) is 0 Å². The number of hydrogen-bond donors (Lipinski definition) is 0. The van der Waals surface area contributed by atoms with Crippen molar-refractivity contribution in [1.82, 2.24) is 9.59 Å². The SMILES string of the molecule is C#CCCCC(=O)c1snnc1C. The second-order valence-electron chi connectivity index (χ2n) is 2.67. The van der Waals surface area contributed by atoms with Crippen LogP contribution in [0, 0.1) is 19.3 Å². The van der Waals surface area contributed by atoms with Gasteiger partial charge in [-0.25, -0.2) is 0 Å². The summed E-state index contributed by atoms with van der Waals surface area (Å²) in [6.07, 6.45) is 6.97. The van der Waals surface area contributed by atoms with Gasteiger partial charge in [0.1, 0.15) is 4.88 Å². The molecular weight excluding hydrogens is 184 g/mol. The molecule has 0 unspecified atom stereocenters. The summed E-state index contributed by atoms with van der Waals surface area (Å²) in [4.78, 5) is 12.1. The molecule has 0 bridgehead atoms. The van der Waals surface area contributed by atoms with E-state index < -0.39 is 0 Å². The van der Waals surface area contributed by atoms with E-state index in [0.717, 1.165) is 23.6 Å². The van der Waals surface area contributed by atoms with Gasteiger partial charge in [0.25, 0.3) is 0 Å². The van der Waals surface area contributed by atoms with Gasteiger partial charge in [-0.05, 0) is 24.9 Å². The van der Waals surface area contributed by atoms with Gasteiger partial charge in [-0.1, -0.05) is 4.49 Å². The average Bonchev–Trinajstić information content (AvgIpc) is 2.52. The molecule has 68 valence electrons. The number of unbranched alkanes of at least 4 members (excludes halogenated alkanes) is 1. The molecule has 0 aromatic carbocycles. The predicted molar refractivity (Wildman–Crippen MR) is 51.7 cm³/mol. The summed E-state index contributed by atoms with van der Waals surface area (Å²) in [7, 11) is 0. The van der Waals surface area contributed by atoms with Gasteiger partial charge in [0.05, 0.1) is 5.69 Å². The van der Waals surface area contributed by atoms with Gasteiger partial charge in [0, 0.05) is 12.8 Å². The van der Waals surface area contributed by atoms with E-state index in [9.17, 15) is 4.79 Å². The molecule has 1 rings (SSSR count). The molecule has 1 aromatic rings. The third-order valence-corrected chi connectivity index (χ3v) is 2.50. The van der Waals surface area contributed by atoms with Crippen LogP contribution in [0.25, 0.3) is 0 Å². The zero-order valence-corrected chi connectivity index (χ0v) is 8.23. The summed E-state index contributed by atoms with van der Waals surface area (Å²) in [6.45, 7) is 1.79. The van der Waals surface area contributed by atoms with Crippen LogP contribution in [0.5, 0.6) is 0 Å². The minimum Gasteiger partial charge on any atom is -0.293 e. The Kier molecular flexibility index (Phi) is 3.59. The van der Waals surface area contributed by atoms with E-state index in [1.165, 1.54) is 0 Å². The van der Waals surface area contributed by atoms with Gasteiger partial charge in [0.15, 0.2) is 5.78 Å². The van der Waals surface area contributed by atoms with Gasteiger partial charge >= 0.3 is 0 Å². The number of hydrogen-bond acceptors (Lipinski definition) is 4. The normalized spacial score (nSPS) is 9.54. The van der Waals surface area contributed by atoms with Crippen molar-refractivity contribution in [3.05, 3.63) is 10.6 Å². The predicted octanol–water partition coefficient (Wildman–Crippen LogP) is 1.83. The van der Waals surface area contributed by atoms with Crippen LogP contribution in [0.3, 0.4) is 0 Å². The largest absolute Gasteiger partial charge is 0.293 e. The molecule has 0 spiro atoms. The summed E-state index contributed by atoms with van der Waals surface area (Å²) >= 11 is 1.15. The molecule has 0 aliphatic rings. The average molecular weight is 194 g/mol. The Hall–Kier alpha value is -1.21. The van der Waals surface area contributed by atoms with Crippen molar-refractivity contribution in [2.75, 3.05) is 0 Å². The maximum atomic E-state index is 11.5. The van der Waals surface area contributed by atoms with E-state index >= 15 is 0 Å². The monoisotopic (exact) mass is 194 g/mol. The number of ketones is 1. The third kappa shape index (κ3) is 2.63. The molecule has 0 fully saturated rings. The smallest absolute Gasteiger partial charge is 0.176 e. The molecule has 0 saturated carbocycles. The molecule has 1 heterocycles. The van der Waals surface area contributed by atoms with Crippen LogP contribution in [0.15, 0.2) is 0 Å². The molecular formula is C9H10N2OS.